The van der Waals surface area contributed by atoms with E-state index in [0.717, 1.165) is 52.9 Å². The third kappa shape index (κ3) is 5.41. The third-order valence-electron chi connectivity index (χ3n) is 6.90. The Labute approximate surface area is 227 Å². The molecule has 1 aliphatic carbocycles. The summed E-state index contributed by atoms with van der Waals surface area (Å²) in [6, 6.07) is 26.6. The van der Waals surface area contributed by atoms with Crippen molar-refractivity contribution in [2.45, 2.75) is 45.1 Å². The fraction of sp³-hybridized carbons (Fsp3) is 0.258. The van der Waals surface area contributed by atoms with Crippen LogP contribution in [0.1, 0.15) is 55.5 Å². The Bertz CT molecular complexity index is 1450. The van der Waals surface area contributed by atoms with Crippen LogP contribution in [0.15, 0.2) is 83.3 Å². The second-order valence-electron chi connectivity index (χ2n) is 9.43. The molecule has 5 rings (SSSR count). The number of hydrogen-bond donors (Lipinski definition) is 1. The molecule has 2 aromatic heterocycles. The van der Waals surface area contributed by atoms with E-state index in [4.69, 9.17) is 4.84 Å². The van der Waals surface area contributed by atoms with Gasteiger partial charge in [0.2, 0.25) is 0 Å². The van der Waals surface area contributed by atoms with Crippen LogP contribution in [0.5, 0.6) is 0 Å². The van der Waals surface area contributed by atoms with Crippen LogP contribution in [0.2, 0.25) is 0 Å². The van der Waals surface area contributed by atoms with Gasteiger partial charge in [0.15, 0.2) is 6.61 Å². The number of thiophene rings is 1. The molecule has 1 amide bonds. The number of carbonyl (C=O) groups excluding carboxylic acids is 1. The molecular weight excluding hydrogens is 492 g/mol. The van der Waals surface area contributed by atoms with Crippen LogP contribution in [0, 0.1) is 11.3 Å². The Balaban J connectivity index is 1.57. The van der Waals surface area contributed by atoms with Gasteiger partial charge in [0.25, 0.3) is 5.91 Å². The molecule has 4 aromatic rings. The molecule has 0 unspecified atom stereocenters. The fourth-order valence-corrected chi connectivity index (χ4v) is 5.84. The summed E-state index contributed by atoms with van der Waals surface area (Å²) in [6.07, 6.45) is 5.43. The first-order valence-electron chi connectivity index (χ1n) is 13.0. The van der Waals surface area contributed by atoms with Crippen molar-refractivity contribution in [2.75, 3.05) is 11.9 Å². The van der Waals surface area contributed by atoms with E-state index in [1.165, 1.54) is 6.42 Å². The maximum atomic E-state index is 13.2. The number of aromatic nitrogens is 1. The number of hydrogen-bond acceptors (Lipinski definition) is 5. The zero-order valence-corrected chi connectivity index (χ0v) is 22.2. The van der Waals surface area contributed by atoms with Crippen molar-refractivity contribution in [3.8, 4) is 28.5 Å². The molecule has 1 N–H and O–H groups in total. The molecule has 38 heavy (non-hydrogen) atoms. The van der Waals surface area contributed by atoms with Crippen molar-refractivity contribution in [2.24, 2.45) is 5.16 Å². The van der Waals surface area contributed by atoms with Crippen LogP contribution in [0.25, 0.3) is 22.4 Å². The predicted molar refractivity (Wildman–Crippen MR) is 153 cm³/mol. The van der Waals surface area contributed by atoms with E-state index >= 15 is 0 Å². The minimum atomic E-state index is -0.349. The first-order valence-corrected chi connectivity index (χ1v) is 13.8. The number of nitrogens with one attached hydrogen (secondary N) is 1. The molecule has 0 bridgehead atoms. The molecule has 0 saturated heterocycles. The average molecular weight is 523 g/mol. The van der Waals surface area contributed by atoms with E-state index in [1.54, 1.807) is 11.3 Å². The summed E-state index contributed by atoms with van der Waals surface area (Å²) in [7, 11) is 0. The largest absolute Gasteiger partial charge is 0.385 e. The average Bonchev–Trinajstić information content (AvgIpc) is 3.61. The Morgan fingerprint density at radius 2 is 1.71 bits per heavy atom. The van der Waals surface area contributed by atoms with Crippen molar-refractivity contribution in [1.29, 1.82) is 5.26 Å². The van der Waals surface area contributed by atoms with E-state index < -0.39 is 0 Å². The highest BCUT2D eigenvalue weighted by molar-refractivity contribution is 7.12. The Morgan fingerprint density at radius 1 is 1.03 bits per heavy atom. The number of nitriles is 1. The van der Waals surface area contributed by atoms with E-state index in [9.17, 15) is 10.1 Å². The highest BCUT2D eigenvalue weighted by Gasteiger charge is 2.30. The number of anilines is 1. The van der Waals surface area contributed by atoms with Gasteiger partial charge in [0.05, 0.1) is 16.3 Å². The van der Waals surface area contributed by atoms with Crippen LogP contribution in [-0.2, 0) is 9.63 Å². The molecule has 0 aliphatic heterocycles. The van der Waals surface area contributed by atoms with Crippen molar-refractivity contribution in [3.63, 3.8) is 0 Å². The summed E-state index contributed by atoms with van der Waals surface area (Å²) in [5, 5.41) is 19.6. The second kappa shape index (κ2) is 11.9. The SMILES string of the molecule is CC(=NOCC(=O)Nc1c(C#N)c(-c2ccccc2)c(-c2ccccc2)n1C1CCCCC1)c1cccs1. The van der Waals surface area contributed by atoms with Gasteiger partial charge in [-0.15, -0.1) is 11.3 Å². The van der Waals surface area contributed by atoms with Gasteiger partial charge >= 0.3 is 0 Å². The zero-order valence-electron chi connectivity index (χ0n) is 21.4. The number of amides is 1. The second-order valence-corrected chi connectivity index (χ2v) is 10.4. The molecule has 192 valence electrons. The number of rotatable bonds is 8. The van der Waals surface area contributed by atoms with Crippen LogP contribution >= 0.6 is 11.3 Å². The normalized spacial score (nSPS) is 14.2. The molecule has 0 spiro atoms. The minimum Gasteiger partial charge on any atom is -0.385 e. The summed E-state index contributed by atoms with van der Waals surface area (Å²) in [5.41, 5.74) is 4.94. The van der Waals surface area contributed by atoms with E-state index in [2.05, 4.69) is 33.2 Å². The van der Waals surface area contributed by atoms with Gasteiger partial charge in [0, 0.05) is 11.6 Å². The number of benzene rings is 2. The monoisotopic (exact) mass is 522 g/mol. The molecule has 1 fully saturated rings. The van der Waals surface area contributed by atoms with Gasteiger partial charge in [0.1, 0.15) is 17.5 Å². The number of nitrogens with zero attached hydrogens (tertiary/aromatic N) is 3. The first kappa shape index (κ1) is 25.5. The van der Waals surface area contributed by atoms with Gasteiger partial charge in [-0.05, 0) is 42.3 Å². The molecular formula is C31H30N4O2S. The zero-order chi connectivity index (χ0) is 26.3. The van der Waals surface area contributed by atoms with Crippen LogP contribution in [0.4, 0.5) is 5.82 Å². The van der Waals surface area contributed by atoms with Gasteiger partial charge in [-0.25, -0.2) is 0 Å². The molecule has 0 atom stereocenters. The fourth-order valence-electron chi connectivity index (χ4n) is 5.18. The maximum Gasteiger partial charge on any atom is 0.266 e. The molecule has 7 heteroatoms. The molecule has 6 nitrogen and oxygen atoms in total. The highest BCUT2D eigenvalue weighted by Crippen LogP contribution is 2.46. The lowest BCUT2D eigenvalue weighted by molar-refractivity contribution is -0.120. The standard InChI is InChI=1S/C31H30N4O2S/c1-22(27-18-11-19-38-27)34-37-21-28(36)33-31-26(20-32)29(23-12-5-2-6-13-23)30(24-14-7-3-8-15-24)35(31)25-16-9-4-10-17-25/h2-3,5-8,11-15,18-19,25H,4,9-10,16-17,21H2,1H3,(H,33,36). The topological polar surface area (TPSA) is 79.4 Å². The lowest BCUT2D eigenvalue weighted by Crippen LogP contribution is -2.23. The quantitative estimate of drug-likeness (QED) is 0.191. The smallest absolute Gasteiger partial charge is 0.266 e. The third-order valence-corrected chi connectivity index (χ3v) is 7.88. The molecule has 2 aromatic carbocycles. The van der Waals surface area contributed by atoms with E-state index in [0.29, 0.717) is 17.1 Å². The van der Waals surface area contributed by atoms with E-state index in [-0.39, 0.29) is 18.6 Å². The number of oxime groups is 1. The highest BCUT2D eigenvalue weighted by atomic mass is 32.1. The summed E-state index contributed by atoms with van der Waals surface area (Å²) < 4.78 is 2.20. The van der Waals surface area contributed by atoms with Crippen LogP contribution in [0.3, 0.4) is 0 Å². The lowest BCUT2D eigenvalue weighted by atomic mass is 9.94. The summed E-state index contributed by atoms with van der Waals surface area (Å²) in [5.74, 6) is 0.183. The molecule has 1 saturated carbocycles. The minimum absolute atomic E-state index is 0.179. The Morgan fingerprint density at radius 3 is 2.34 bits per heavy atom. The van der Waals surface area contributed by atoms with Gasteiger partial charge in [-0.3, -0.25) is 4.79 Å². The van der Waals surface area contributed by atoms with Gasteiger partial charge in [-0.2, -0.15) is 5.26 Å². The predicted octanol–water partition coefficient (Wildman–Crippen LogP) is 7.64. The van der Waals surface area contributed by atoms with Crippen LogP contribution < -0.4 is 5.32 Å². The summed E-state index contributed by atoms with van der Waals surface area (Å²) in [6.45, 7) is 1.61. The van der Waals surface area contributed by atoms with Crippen molar-refractivity contribution in [3.05, 3.63) is 88.6 Å². The van der Waals surface area contributed by atoms with Crippen LogP contribution in [-0.4, -0.2) is 22.8 Å². The Kier molecular flexibility index (Phi) is 8.01. The Hall–Kier alpha value is -4.15. The molecule has 2 heterocycles. The van der Waals surface area contributed by atoms with Gasteiger partial charge < -0.3 is 14.7 Å². The van der Waals surface area contributed by atoms with Crippen molar-refractivity contribution >= 4 is 28.8 Å². The van der Waals surface area contributed by atoms with Gasteiger partial charge in [-0.1, -0.05) is 91.1 Å². The summed E-state index contributed by atoms with van der Waals surface area (Å²) in [4.78, 5) is 19.5. The van der Waals surface area contributed by atoms with Crippen molar-refractivity contribution < 1.29 is 9.63 Å². The number of carbonyl (C=O) groups is 1. The van der Waals surface area contributed by atoms with Crippen molar-refractivity contribution in [1.82, 2.24) is 4.57 Å². The lowest BCUT2D eigenvalue weighted by Gasteiger charge is -2.28. The molecule has 0 radical (unpaired) electrons. The maximum absolute atomic E-state index is 13.2. The summed E-state index contributed by atoms with van der Waals surface area (Å²) >= 11 is 1.56. The first-order chi connectivity index (χ1) is 18.7. The molecule has 1 aliphatic rings. The van der Waals surface area contributed by atoms with E-state index in [1.807, 2.05) is 73.0 Å².